The van der Waals surface area contributed by atoms with Gasteiger partial charge in [-0.2, -0.15) is 13.2 Å². The standard InChI is InChI=1S/C21H14F4O3/c1-26-14-5-2-12(3-6-14)19-15(7-8-16(22)20(19)21(23,24)25)13-4-9-17-18(10-13)28-11-27-17/h2-10H,11H2,1H3. The predicted octanol–water partition coefficient (Wildman–Crippen LogP) is 5.92. The van der Waals surface area contributed by atoms with Crippen LogP contribution in [0.3, 0.4) is 0 Å². The molecule has 3 aromatic rings. The van der Waals surface area contributed by atoms with Gasteiger partial charge in [0.25, 0.3) is 0 Å². The lowest BCUT2D eigenvalue weighted by molar-refractivity contribution is -0.139. The van der Waals surface area contributed by atoms with Gasteiger partial charge in [0.1, 0.15) is 11.6 Å². The minimum absolute atomic E-state index is 0.0430. The summed E-state index contributed by atoms with van der Waals surface area (Å²) in [6, 6.07) is 13.0. The van der Waals surface area contributed by atoms with Gasteiger partial charge < -0.3 is 14.2 Å². The molecule has 0 radical (unpaired) electrons. The second-order valence-corrected chi connectivity index (χ2v) is 6.14. The zero-order chi connectivity index (χ0) is 19.9. The van der Waals surface area contributed by atoms with Crippen LogP contribution in [0.15, 0.2) is 54.6 Å². The van der Waals surface area contributed by atoms with Crippen molar-refractivity contribution in [3.05, 3.63) is 66.0 Å². The van der Waals surface area contributed by atoms with Crippen molar-refractivity contribution in [1.82, 2.24) is 0 Å². The SMILES string of the molecule is COc1ccc(-c2c(-c3ccc4c(c3)OCO4)ccc(F)c2C(F)(F)F)cc1. The lowest BCUT2D eigenvalue weighted by atomic mass is 9.89. The number of fused-ring (bicyclic) bond motifs is 1. The van der Waals surface area contributed by atoms with Crippen LogP contribution in [0.4, 0.5) is 17.6 Å². The van der Waals surface area contributed by atoms with E-state index < -0.39 is 17.6 Å². The van der Waals surface area contributed by atoms with E-state index in [4.69, 9.17) is 14.2 Å². The molecular weight excluding hydrogens is 376 g/mol. The lowest BCUT2D eigenvalue weighted by Gasteiger charge is -2.19. The van der Waals surface area contributed by atoms with Crippen LogP contribution >= 0.6 is 0 Å². The molecular formula is C21H14F4O3. The third kappa shape index (κ3) is 3.13. The maximum absolute atomic E-state index is 14.3. The van der Waals surface area contributed by atoms with Gasteiger partial charge in [-0.3, -0.25) is 0 Å². The van der Waals surface area contributed by atoms with Crippen LogP contribution in [0.5, 0.6) is 17.2 Å². The van der Waals surface area contributed by atoms with Gasteiger partial charge in [0.05, 0.1) is 12.7 Å². The van der Waals surface area contributed by atoms with Crippen LogP contribution < -0.4 is 14.2 Å². The molecule has 3 nitrogen and oxygen atoms in total. The van der Waals surface area contributed by atoms with E-state index >= 15 is 0 Å². The number of ether oxygens (including phenoxy) is 3. The van der Waals surface area contributed by atoms with Gasteiger partial charge in [-0.1, -0.05) is 24.3 Å². The molecule has 1 aliphatic heterocycles. The van der Waals surface area contributed by atoms with Crippen molar-refractivity contribution in [2.24, 2.45) is 0 Å². The molecule has 0 atom stereocenters. The first kappa shape index (κ1) is 18.2. The second-order valence-electron chi connectivity index (χ2n) is 6.14. The molecule has 0 aromatic heterocycles. The Labute approximate surface area is 158 Å². The summed E-state index contributed by atoms with van der Waals surface area (Å²) in [5.74, 6) is 0.0881. The van der Waals surface area contributed by atoms with Crippen molar-refractivity contribution in [2.75, 3.05) is 13.9 Å². The quantitative estimate of drug-likeness (QED) is 0.520. The number of halogens is 4. The molecule has 0 aliphatic carbocycles. The molecule has 0 bridgehead atoms. The fourth-order valence-electron chi connectivity index (χ4n) is 3.22. The van der Waals surface area contributed by atoms with E-state index in [1.807, 2.05) is 0 Å². The topological polar surface area (TPSA) is 27.7 Å². The number of alkyl halides is 3. The molecule has 7 heteroatoms. The van der Waals surface area contributed by atoms with E-state index in [-0.39, 0.29) is 23.5 Å². The van der Waals surface area contributed by atoms with Crippen molar-refractivity contribution in [3.8, 4) is 39.5 Å². The number of methoxy groups -OCH3 is 1. The zero-order valence-corrected chi connectivity index (χ0v) is 14.6. The highest BCUT2D eigenvalue weighted by Crippen LogP contribution is 2.46. The van der Waals surface area contributed by atoms with Gasteiger partial charge in [-0.05, 0) is 47.0 Å². The van der Waals surface area contributed by atoms with Gasteiger partial charge >= 0.3 is 6.18 Å². The monoisotopic (exact) mass is 390 g/mol. The zero-order valence-electron chi connectivity index (χ0n) is 14.6. The van der Waals surface area contributed by atoms with Crippen molar-refractivity contribution in [2.45, 2.75) is 6.18 Å². The Morgan fingerprint density at radius 3 is 2.21 bits per heavy atom. The van der Waals surface area contributed by atoms with E-state index in [2.05, 4.69) is 0 Å². The summed E-state index contributed by atoms with van der Waals surface area (Å²) in [5, 5.41) is 0. The molecule has 0 spiro atoms. The normalized spacial score (nSPS) is 12.9. The highest BCUT2D eigenvalue weighted by Gasteiger charge is 2.38. The first-order valence-corrected chi connectivity index (χ1v) is 8.32. The van der Waals surface area contributed by atoms with E-state index in [0.29, 0.717) is 22.8 Å². The Hall–Kier alpha value is -3.22. The smallest absolute Gasteiger partial charge is 0.419 e. The molecule has 0 saturated heterocycles. The Balaban J connectivity index is 1.98. The van der Waals surface area contributed by atoms with Crippen LogP contribution in [0.1, 0.15) is 5.56 Å². The van der Waals surface area contributed by atoms with Gasteiger partial charge in [-0.15, -0.1) is 0 Å². The predicted molar refractivity (Wildman–Crippen MR) is 94.9 cm³/mol. The van der Waals surface area contributed by atoms with Crippen molar-refractivity contribution in [3.63, 3.8) is 0 Å². The molecule has 28 heavy (non-hydrogen) atoms. The lowest BCUT2D eigenvalue weighted by Crippen LogP contribution is -2.11. The molecule has 0 unspecified atom stereocenters. The molecule has 1 aliphatic rings. The fourth-order valence-corrected chi connectivity index (χ4v) is 3.22. The highest BCUT2D eigenvalue weighted by molar-refractivity contribution is 5.87. The highest BCUT2D eigenvalue weighted by atomic mass is 19.4. The van der Waals surface area contributed by atoms with Gasteiger partial charge in [0.2, 0.25) is 6.79 Å². The maximum atomic E-state index is 14.3. The van der Waals surface area contributed by atoms with Crippen molar-refractivity contribution in [1.29, 1.82) is 0 Å². The maximum Gasteiger partial charge on any atom is 0.419 e. The summed E-state index contributed by atoms with van der Waals surface area (Å²) in [7, 11) is 1.45. The summed E-state index contributed by atoms with van der Waals surface area (Å²) < 4.78 is 71.2. The van der Waals surface area contributed by atoms with E-state index in [1.165, 1.54) is 37.4 Å². The second kappa shape index (κ2) is 6.74. The molecule has 0 saturated carbocycles. The molecule has 3 aromatic carbocycles. The summed E-state index contributed by atoms with van der Waals surface area (Å²) in [6.07, 6.45) is -4.87. The summed E-state index contributed by atoms with van der Waals surface area (Å²) >= 11 is 0. The number of benzene rings is 3. The van der Waals surface area contributed by atoms with E-state index in [1.54, 1.807) is 18.2 Å². The Morgan fingerprint density at radius 2 is 1.54 bits per heavy atom. The number of rotatable bonds is 3. The third-order valence-electron chi connectivity index (χ3n) is 4.50. The molecule has 144 valence electrons. The Bertz CT molecular complexity index is 1030. The van der Waals surface area contributed by atoms with E-state index in [9.17, 15) is 17.6 Å². The number of hydrogen-bond acceptors (Lipinski definition) is 3. The van der Waals surface area contributed by atoms with Crippen molar-refractivity contribution >= 4 is 0 Å². The van der Waals surface area contributed by atoms with Gasteiger partial charge in [0.15, 0.2) is 11.5 Å². The van der Waals surface area contributed by atoms with Crippen LogP contribution in [-0.2, 0) is 6.18 Å². The largest absolute Gasteiger partial charge is 0.497 e. The van der Waals surface area contributed by atoms with Crippen molar-refractivity contribution < 1.29 is 31.8 Å². The van der Waals surface area contributed by atoms with Crippen LogP contribution in [0.25, 0.3) is 22.3 Å². The first-order chi connectivity index (χ1) is 13.4. The molecule has 4 rings (SSSR count). The average Bonchev–Trinajstić information content (AvgIpc) is 3.14. The molecule has 0 amide bonds. The third-order valence-corrected chi connectivity index (χ3v) is 4.50. The summed E-state index contributed by atoms with van der Waals surface area (Å²) in [5.41, 5.74) is -0.639. The van der Waals surface area contributed by atoms with Gasteiger partial charge in [-0.25, -0.2) is 4.39 Å². The minimum Gasteiger partial charge on any atom is -0.497 e. The number of hydrogen-bond donors (Lipinski definition) is 0. The van der Waals surface area contributed by atoms with Crippen LogP contribution in [0, 0.1) is 5.82 Å². The summed E-state index contributed by atoms with van der Waals surface area (Å²) in [6.45, 7) is 0.0430. The van der Waals surface area contributed by atoms with E-state index in [0.717, 1.165) is 6.07 Å². The van der Waals surface area contributed by atoms with Crippen LogP contribution in [-0.4, -0.2) is 13.9 Å². The minimum atomic E-state index is -4.87. The summed E-state index contributed by atoms with van der Waals surface area (Å²) in [4.78, 5) is 0. The van der Waals surface area contributed by atoms with Crippen LogP contribution in [0.2, 0.25) is 0 Å². The van der Waals surface area contributed by atoms with Gasteiger partial charge in [0, 0.05) is 5.56 Å². The Morgan fingerprint density at radius 1 is 0.857 bits per heavy atom. The molecule has 0 fully saturated rings. The molecule has 0 N–H and O–H groups in total. The average molecular weight is 390 g/mol. The fraction of sp³-hybridized carbons (Fsp3) is 0.143. The Kier molecular flexibility index (Phi) is 4.37. The first-order valence-electron chi connectivity index (χ1n) is 8.32. The molecule has 1 heterocycles.